The van der Waals surface area contributed by atoms with Crippen LogP contribution in [0.2, 0.25) is 0 Å². The standard InChI is InChI=1S/C16H14FN3O2/c17-10-5-1-3-7-12(10)20-15(21)14-9-18-11-6-2-4-8-13(11)19(14)16(20)22/h1,3,5,7,9,14H,2,4,6,8H2. The van der Waals surface area contributed by atoms with Crippen molar-refractivity contribution in [2.24, 2.45) is 4.99 Å². The van der Waals surface area contributed by atoms with Crippen LogP contribution in [0.4, 0.5) is 14.9 Å². The average molecular weight is 299 g/mol. The van der Waals surface area contributed by atoms with Gasteiger partial charge in [-0.2, -0.15) is 0 Å². The fraction of sp³-hybridized carbons (Fsp3) is 0.312. The first-order valence-electron chi connectivity index (χ1n) is 7.36. The summed E-state index contributed by atoms with van der Waals surface area (Å²) >= 11 is 0. The highest BCUT2D eigenvalue weighted by molar-refractivity contribution is 6.27. The van der Waals surface area contributed by atoms with Crippen molar-refractivity contribution in [1.29, 1.82) is 0 Å². The van der Waals surface area contributed by atoms with Crippen LogP contribution in [0.5, 0.6) is 0 Å². The molecule has 1 atom stereocenters. The summed E-state index contributed by atoms with van der Waals surface area (Å²) in [5, 5.41) is 0. The van der Waals surface area contributed by atoms with E-state index < -0.39 is 23.8 Å². The summed E-state index contributed by atoms with van der Waals surface area (Å²) in [4.78, 5) is 32.0. The van der Waals surface area contributed by atoms with Crippen LogP contribution in [-0.4, -0.2) is 29.1 Å². The van der Waals surface area contributed by atoms with E-state index in [2.05, 4.69) is 4.99 Å². The molecule has 0 saturated carbocycles. The molecule has 3 aliphatic rings. The maximum absolute atomic E-state index is 14.0. The molecule has 6 heteroatoms. The van der Waals surface area contributed by atoms with Crippen molar-refractivity contribution in [3.63, 3.8) is 0 Å². The van der Waals surface area contributed by atoms with Gasteiger partial charge >= 0.3 is 6.03 Å². The molecule has 112 valence electrons. The summed E-state index contributed by atoms with van der Waals surface area (Å²) in [5.41, 5.74) is 1.69. The highest BCUT2D eigenvalue weighted by Gasteiger charge is 2.49. The van der Waals surface area contributed by atoms with Gasteiger partial charge in [0.25, 0.3) is 5.91 Å². The van der Waals surface area contributed by atoms with Gasteiger partial charge in [-0.25, -0.2) is 14.1 Å². The van der Waals surface area contributed by atoms with Gasteiger partial charge in [0.05, 0.1) is 11.4 Å². The minimum absolute atomic E-state index is 0.00161. The number of rotatable bonds is 1. The van der Waals surface area contributed by atoms with E-state index in [0.29, 0.717) is 0 Å². The lowest BCUT2D eigenvalue weighted by Crippen LogP contribution is -2.39. The lowest BCUT2D eigenvalue weighted by Gasteiger charge is -2.30. The number of hydrogen-bond donors (Lipinski definition) is 0. The minimum Gasteiger partial charge on any atom is -0.278 e. The molecule has 2 heterocycles. The third-order valence-corrected chi connectivity index (χ3v) is 4.31. The Morgan fingerprint density at radius 2 is 1.91 bits per heavy atom. The van der Waals surface area contributed by atoms with Crippen molar-refractivity contribution in [1.82, 2.24) is 4.90 Å². The molecule has 2 aliphatic heterocycles. The molecule has 3 amide bonds. The number of amides is 3. The van der Waals surface area contributed by atoms with Gasteiger partial charge in [-0.3, -0.25) is 14.7 Å². The number of imide groups is 1. The van der Waals surface area contributed by atoms with E-state index in [1.165, 1.54) is 29.3 Å². The molecule has 4 rings (SSSR count). The van der Waals surface area contributed by atoms with Crippen molar-refractivity contribution < 1.29 is 14.0 Å². The van der Waals surface area contributed by atoms with E-state index in [0.717, 1.165) is 42.0 Å². The summed E-state index contributed by atoms with van der Waals surface area (Å²) in [5.74, 6) is -1.03. The fourth-order valence-electron chi connectivity index (χ4n) is 3.26. The first-order chi connectivity index (χ1) is 10.7. The maximum Gasteiger partial charge on any atom is 0.336 e. The molecule has 0 spiro atoms. The van der Waals surface area contributed by atoms with Crippen molar-refractivity contribution in [3.8, 4) is 0 Å². The van der Waals surface area contributed by atoms with E-state index in [-0.39, 0.29) is 5.69 Å². The number of carbonyl (C=O) groups excluding carboxylic acids is 2. The van der Waals surface area contributed by atoms with Crippen molar-refractivity contribution in [3.05, 3.63) is 41.5 Å². The summed E-state index contributed by atoms with van der Waals surface area (Å²) in [7, 11) is 0. The van der Waals surface area contributed by atoms with Gasteiger partial charge < -0.3 is 0 Å². The van der Waals surface area contributed by atoms with Crippen LogP contribution in [0.25, 0.3) is 0 Å². The van der Waals surface area contributed by atoms with Crippen LogP contribution in [0.15, 0.2) is 40.7 Å². The molecule has 0 bridgehead atoms. The number of hydrogen-bond acceptors (Lipinski definition) is 3. The minimum atomic E-state index is -0.746. The second kappa shape index (κ2) is 4.76. The van der Waals surface area contributed by atoms with E-state index in [4.69, 9.17) is 0 Å². The van der Waals surface area contributed by atoms with Crippen LogP contribution in [-0.2, 0) is 4.79 Å². The Hall–Kier alpha value is -2.50. The van der Waals surface area contributed by atoms with E-state index in [9.17, 15) is 14.0 Å². The van der Waals surface area contributed by atoms with Crippen molar-refractivity contribution >= 4 is 23.8 Å². The van der Waals surface area contributed by atoms with Crippen LogP contribution in [0, 0.1) is 5.82 Å². The van der Waals surface area contributed by atoms with E-state index in [1.807, 2.05) is 0 Å². The molecule has 1 aromatic carbocycles. The Labute approximate surface area is 126 Å². The number of urea groups is 1. The lowest BCUT2D eigenvalue weighted by molar-refractivity contribution is -0.117. The summed E-state index contributed by atoms with van der Waals surface area (Å²) in [6.45, 7) is 0. The smallest absolute Gasteiger partial charge is 0.278 e. The normalized spacial score (nSPS) is 24.0. The first-order valence-corrected chi connectivity index (χ1v) is 7.36. The van der Waals surface area contributed by atoms with E-state index in [1.54, 1.807) is 6.07 Å². The van der Waals surface area contributed by atoms with E-state index >= 15 is 0 Å². The number of allylic oxidation sites excluding steroid dienone is 2. The molecule has 1 unspecified atom stereocenters. The Morgan fingerprint density at radius 1 is 1.14 bits per heavy atom. The molecular formula is C16H14FN3O2. The SMILES string of the molecule is O=C1C2C=NC3=C(CCCC3)N2C(=O)N1c1ccccc1F. The van der Waals surface area contributed by atoms with Crippen LogP contribution in [0.1, 0.15) is 25.7 Å². The molecule has 1 aromatic rings. The average Bonchev–Trinajstić information content (AvgIpc) is 2.80. The molecule has 0 aromatic heterocycles. The number of carbonyl (C=O) groups is 2. The number of para-hydroxylation sites is 1. The molecule has 1 fully saturated rings. The third kappa shape index (κ3) is 1.73. The molecule has 0 radical (unpaired) electrons. The van der Waals surface area contributed by atoms with Crippen LogP contribution >= 0.6 is 0 Å². The highest BCUT2D eigenvalue weighted by atomic mass is 19.1. The molecule has 22 heavy (non-hydrogen) atoms. The number of fused-ring (bicyclic) bond motifs is 2. The second-order valence-electron chi connectivity index (χ2n) is 5.60. The Kier molecular flexibility index (Phi) is 2.85. The van der Waals surface area contributed by atoms with Gasteiger partial charge in [0.1, 0.15) is 5.82 Å². The Morgan fingerprint density at radius 3 is 2.73 bits per heavy atom. The predicted octanol–water partition coefficient (Wildman–Crippen LogP) is 2.83. The van der Waals surface area contributed by atoms with Crippen molar-refractivity contribution in [2.75, 3.05) is 4.90 Å². The monoisotopic (exact) mass is 299 g/mol. The molecule has 1 saturated heterocycles. The number of anilines is 1. The predicted molar refractivity (Wildman–Crippen MR) is 78.9 cm³/mol. The molecular weight excluding hydrogens is 285 g/mol. The van der Waals surface area contributed by atoms with Gasteiger partial charge in [-0.1, -0.05) is 12.1 Å². The lowest BCUT2D eigenvalue weighted by atomic mass is 9.98. The Bertz CT molecular complexity index is 741. The largest absolute Gasteiger partial charge is 0.336 e. The zero-order chi connectivity index (χ0) is 15.3. The Balaban J connectivity index is 1.79. The van der Waals surface area contributed by atoms with Gasteiger partial charge in [-0.15, -0.1) is 0 Å². The van der Waals surface area contributed by atoms with Crippen LogP contribution < -0.4 is 4.90 Å². The van der Waals surface area contributed by atoms with Gasteiger partial charge in [0, 0.05) is 11.9 Å². The highest BCUT2D eigenvalue weighted by Crippen LogP contribution is 2.37. The first kappa shape index (κ1) is 13.2. The molecule has 1 aliphatic carbocycles. The van der Waals surface area contributed by atoms with Gasteiger partial charge in [0.2, 0.25) is 0 Å². The summed E-state index contributed by atoms with van der Waals surface area (Å²) in [6, 6.07) is 4.59. The number of benzene rings is 1. The summed E-state index contributed by atoms with van der Waals surface area (Å²) < 4.78 is 14.0. The zero-order valence-electron chi connectivity index (χ0n) is 11.8. The molecule has 0 N–H and O–H groups in total. The topological polar surface area (TPSA) is 53.0 Å². The van der Waals surface area contributed by atoms with Crippen molar-refractivity contribution in [2.45, 2.75) is 31.7 Å². The number of nitrogens with zero attached hydrogens (tertiary/aromatic N) is 3. The van der Waals surface area contributed by atoms with Gasteiger partial charge in [0.15, 0.2) is 6.04 Å². The number of halogens is 1. The fourth-order valence-corrected chi connectivity index (χ4v) is 3.26. The quantitative estimate of drug-likeness (QED) is 0.749. The van der Waals surface area contributed by atoms with Crippen LogP contribution in [0.3, 0.4) is 0 Å². The number of aliphatic imine (C=N–C) groups is 1. The zero-order valence-corrected chi connectivity index (χ0v) is 11.8. The second-order valence-corrected chi connectivity index (χ2v) is 5.60. The summed E-state index contributed by atoms with van der Waals surface area (Å²) in [6.07, 6.45) is 5.06. The van der Waals surface area contributed by atoms with Gasteiger partial charge in [-0.05, 0) is 37.8 Å². The maximum atomic E-state index is 14.0. The molecule has 5 nitrogen and oxygen atoms in total. The third-order valence-electron chi connectivity index (χ3n) is 4.31.